The fourth-order valence-electron chi connectivity index (χ4n) is 2.22. The summed E-state index contributed by atoms with van der Waals surface area (Å²) in [4.78, 5) is 23.3. The van der Waals surface area contributed by atoms with Gasteiger partial charge >= 0.3 is 5.76 Å². The summed E-state index contributed by atoms with van der Waals surface area (Å²) >= 11 is 0. The zero-order chi connectivity index (χ0) is 17.3. The number of carbonyl (C=O) groups is 1. The van der Waals surface area contributed by atoms with Crippen molar-refractivity contribution in [2.45, 2.75) is 0 Å². The Labute approximate surface area is 134 Å². The van der Waals surface area contributed by atoms with Gasteiger partial charge in [-0.2, -0.15) is 0 Å². The normalized spacial score (nSPS) is 11.3. The minimum atomic E-state index is -0.758. The number of fused-ring (bicyclic) bond motifs is 1. The second kappa shape index (κ2) is 6.11. The van der Waals surface area contributed by atoms with E-state index in [-0.39, 0.29) is 5.56 Å². The summed E-state index contributed by atoms with van der Waals surface area (Å²) in [7, 11) is 1.57. The Morgan fingerprint density at radius 2 is 1.92 bits per heavy atom. The first-order valence-electron chi connectivity index (χ1n) is 6.98. The van der Waals surface area contributed by atoms with Gasteiger partial charge in [0.05, 0.1) is 5.52 Å². The van der Waals surface area contributed by atoms with Gasteiger partial charge in [-0.1, -0.05) is 6.07 Å². The summed E-state index contributed by atoms with van der Waals surface area (Å²) < 4.78 is 33.3. The number of rotatable bonds is 3. The Bertz CT molecular complexity index is 998. The van der Waals surface area contributed by atoms with Crippen LogP contribution in [0.5, 0.6) is 0 Å². The molecule has 0 spiro atoms. The second-order valence-corrected chi connectivity index (χ2v) is 5.07. The Balaban J connectivity index is 1.80. The largest absolute Gasteiger partial charge is 0.419 e. The summed E-state index contributed by atoms with van der Waals surface area (Å²) in [5.74, 6) is -2.60. The van der Waals surface area contributed by atoms with Gasteiger partial charge in [0.1, 0.15) is 11.6 Å². The van der Waals surface area contributed by atoms with Gasteiger partial charge in [-0.25, -0.2) is 13.6 Å². The number of nitrogens with one attached hydrogen (secondary N) is 1. The fraction of sp³-hybridized carbons (Fsp3) is 0.0588. The van der Waals surface area contributed by atoms with Crippen molar-refractivity contribution in [1.82, 2.24) is 4.57 Å². The third-order valence-corrected chi connectivity index (χ3v) is 3.46. The summed E-state index contributed by atoms with van der Waals surface area (Å²) in [6.45, 7) is 0. The van der Waals surface area contributed by atoms with Crippen LogP contribution in [-0.2, 0) is 11.8 Å². The first-order valence-corrected chi connectivity index (χ1v) is 6.98. The van der Waals surface area contributed by atoms with Gasteiger partial charge in [-0.05, 0) is 30.3 Å². The lowest BCUT2D eigenvalue weighted by atomic mass is 10.2. The molecular formula is C17H12F2N2O3. The first kappa shape index (κ1) is 15.7. The third kappa shape index (κ3) is 2.96. The van der Waals surface area contributed by atoms with Crippen LogP contribution in [0.2, 0.25) is 0 Å². The van der Waals surface area contributed by atoms with Crippen LogP contribution in [0.4, 0.5) is 14.5 Å². The molecule has 1 heterocycles. The third-order valence-electron chi connectivity index (χ3n) is 3.46. The molecule has 0 aliphatic heterocycles. The summed E-state index contributed by atoms with van der Waals surface area (Å²) in [6, 6.07) is 8.15. The van der Waals surface area contributed by atoms with Crippen LogP contribution in [0.1, 0.15) is 5.56 Å². The molecule has 0 saturated heterocycles. The van der Waals surface area contributed by atoms with Crippen LogP contribution in [-0.4, -0.2) is 10.5 Å². The molecule has 1 aromatic heterocycles. The fourth-order valence-corrected chi connectivity index (χ4v) is 2.22. The molecule has 0 radical (unpaired) electrons. The van der Waals surface area contributed by atoms with Gasteiger partial charge < -0.3 is 9.73 Å². The molecule has 7 heteroatoms. The Hall–Kier alpha value is -3.22. The molecular weight excluding hydrogens is 318 g/mol. The van der Waals surface area contributed by atoms with Crippen LogP contribution in [0.25, 0.3) is 17.2 Å². The highest BCUT2D eigenvalue weighted by Gasteiger charge is 2.08. The molecule has 3 rings (SSSR count). The number of oxazole rings is 1. The SMILES string of the molecule is Cn1c(=O)oc2cc(NC(=O)/C=C\c3c(F)cccc3F)ccc21. The van der Waals surface area contributed by atoms with E-state index in [1.165, 1.54) is 16.7 Å². The molecule has 0 saturated carbocycles. The molecule has 1 N–H and O–H groups in total. The topological polar surface area (TPSA) is 64.2 Å². The highest BCUT2D eigenvalue weighted by atomic mass is 19.1. The molecule has 0 unspecified atom stereocenters. The van der Waals surface area contributed by atoms with E-state index in [0.29, 0.717) is 16.8 Å². The molecule has 122 valence electrons. The molecule has 24 heavy (non-hydrogen) atoms. The van der Waals surface area contributed by atoms with E-state index in [4.69, 9.17) is 4.42 Å². The van der Waals surface area contributed by atoms with E-state index in [9.17, 15) is 18.4 Å². The maximum Gasteiger partial charge on any atom is 0.419 e. The van der Waals surface area contributed by atoms with Gasteiger partial charge in [-0.15, -0.1) is 0 Å². The molecule has 0 aliphatic rings. The highest BCUT2D eigenvalue weighted by molar-refractivity contribution is 6.02. The number of anilines is 1. The maximum atomic E-state index is 13.5. The van der Waals surface area contributed by atoms with Crippen molar-refractivity contribution < 1.29 is 18.0 Å². The van der Waals surface area contributed by atoms with Crippen molar-refractivity contribution in [3.63, 3.8) is 0 Å². The molecule has 0 fully saturated rings. The van der Waals surface area contributed by atoms with Gasteiger partial charge in [0, 0.05) is 30.4 Å². The van der Waals surface area contributed by atoms with Gasteiger partial charge in [-0.3, -0.25) is 9.36 Å². The summed E-state index contributed by atoms with van der Waals surface area (Å²) in [5.41, 5.74) is 1.00. The van der Waals surface area contributed by atoms with Crippen LogP contribution in [0.15, 0.2) is 51.7 Å². The molecule has 3 aromatic rings. The molecule has 0 bridgehead atoms. The average molecular weight is 330 g/mol. The van der Waals surface area contributed by atoms with E-state index in [2.05, 4.69) is 5.32 Å². The smallest absolute Gasteiger partial charge is 0.408 e. The Morgan fingerprint density at radius 3 is 2.62 bits per heavy atom. The van der Waals surface area contributed by atoms with E-state index in [0.717, 1.165) is 24.3 Å². The van der Waals surface area contributed by atoms with Crippen LogP contribution >= 0.6 is 0 Å². The molecule has 0 aliphatic carbocycles. The molecule has 2 aromatic carbocycles. The monoisotopic (exact) mass is 330 g/mol. The van der Waals surface area contributed by atoms with E-state index < -0.39 is 23.3 Å². The predicted octanol–water partition coefficient (Wildman–Crippen LogP) is 3.06. The number of carbonyl (C=O) groups excluding carboxylic acids is 1. The van der Waals surface area contributed by atoms with Crippen LogP contribution in [0, 0.1) is 11.6 Å². The number of halogens is 2. The predicted molar refractivity (Wildman–Crippen MR) is 85.5 cm³/mol. The number of nitrogens with zero attached hydrogens (tertiary/aromatic N) is 1. The Kier molecular flexibility index (Phi) is 3.99. The van der Waals surface area contributed by atoms with Crippen LogP contribution in [0.3, 0.4) is 0 Å². The number of hydrogen-bond acceptors (Lipinski definition) is 3. The number of aryl methyl sites for hydroxylation is 1. The zero-order valence-electron chi connectivity index (χ0n) is 12.5. The van der Waals surface area contributed by atoms with E-state index in [1.807, 2.05) is 0 Å². The number of amides is 1. The lowest BCUT2D eigenvalue weighted by molar-refractivity contribution is -0.111. The van der Waals surface area contributed by atoms with Gasteiger partial charge in [0.25, 0.3) is 0 Å². The maximum absolute atomic E-state index is 13.5. The molecule has 5 nitrogen and oxygen atoms in total. The van der Waals surface area contributed by atoms with Crippen molar-refractivity contribution in [3.8, 4) is 0 Å². The molecule has 1 amide bonds. The molecule has 0 atom stereocenters. The van der Waals surface area contributed by atoms with Crippen molar-refractivity contribution in [2.75, 3.05) is 5.32 Å². The number of aromatic nitrogens is 1. The lowest BCUT2D eigenvalue weighted by Gasteiger charge is -2.02. The quantitative estimate of drug-likeness (QED) is 0.751. The standard InChI is InChI=1S/C17H12F2N2O3/c1-21-14-7-5-10(9-15(14)24-17(21)23)20-16(22)8-6-11-12(18)3-2-4-13(11)19/h2-9H,1H3,(H,20,22)/b8-6-. The summed E-state index contributed by atoms with van der Waals surface area (Å²) in [6.07, 6.45) is 2.08. The van der Waals surface area contributed by atoms with Crippen LogP contribution < -0.4 is 11.1 Å². The first-order chi connectivity index (χ1) is 11.5. The minimum absolute atomic E-state index is 0.294. The van der Waals surface area contributed by atoms with E-state index >= 15 is 0 Å². The number of benzene rings is 2. The van der Waals surface area contributed by atoms with Gasteiger partial charge in [0.2, 0.25) is 5.91 Å². The van der Waals surface area contributed by atoms with Gasteiger partial charge in [0.15, 0.2) is 5.58 Å². The van der Waals surface area contributed by atoms with Crippen molar-refractivity contribution in [1.29, 1.82) is 0 Å². The Morgan fingerprint density at radius 1 is 1.21 bits per heavy atom. The zero-order valence-corrected chi connectivity index (χ0v) is 12.5. The van der Waals surface area contributed by atoms with Crippen molar-refractivity contribution >= 4 is 28.8 Å². The van der Waals surface area contributed by atoms with Crippen molar-refractivity contribution in [2.24, 2.45) is 7.05 Å². The summed E-state index contributed by atoms with van der Waals surface area (Å²) in [5, 5.41) is 2.53. The lowest BCUT2D eigenvalue weighted by Crippen LogP contribution is -2.08. The van der Waals surface area contributed by atoms with Crippen molar-refractivity contribution in [3.05, 3.63) is 70.2 Å². The number of hydrogen-bond donors (Lipinski definition) is 1. The minimum Gasteiger partial charge on any atom is -0.408 e. The highest BCUT2D eigenvalue weighted by Crippen LogP contribution is 2.18. The van der Waals surface area contributed by atoms with E-state index in [1.54, 1.807) is 19.2 Å². The average Bonchev–Trinajstić information content (AvgIpc) is 2.81. The second-order valence-electron chi connectivity index (χ2n) is 5.07.